The van der Waals surface area contributed by atoms with E-state index in [1.54, 1.807) is 34.5 Å². The van der Waals surface area contributed by atoms with E-state index in [4.69, 9.17) is 4.42 Å². The zero-order chi connectivity index (χ0) is 22.9. The van der Waals surface area contributed by atoms with Crippen molar-refractivity contribution in [3.8, 4) is 0 Å². The minimum absolute atomic E-state index is 0.000487. The minimum Gasteiger partial charge on any atom is -0.464 e. The van der Waals surface area contributed by atoms with Crippen molar-refractivity contribution in [2.75, 3.05) is 20.1 Å². The normalized spacial score (nSPS) is 15.3. The maximum atomic E-state index is 13.0. The number of hydrogen-bond acceptors (Lipinski definition) is 5. The Morgan fingerprint density at radius 3 is 2.59 bits per heavy atom. The van der Waals surface area contributed by atoms with Gasteiger partial charge in [-0.1, -0.05) is 6.42 Å². The number of sulfonamides is 1. The van der Waals surface area contributed by atoms with Crippen LogP contribution >= 0.6 is 0 Å². The molecule has 3 heterocycles. The van der Waals surface area contributed by atoms with Crippen molar-refractivity contribution in [2.45, 2.75) is 50.5 Å². The van der Waals surface area contributed by atoms with Crippen molar-refractivity contribution in [3.05, 3.63) is 47.7 Å². The summed E-state index contributed by atoms with van der Waals surface area (Å²) < 4.78 is 35.0. The number of furan rings is 1. The van der Waals surface area contributed by atoms with Gasteiger partial charge in [-0.3, -0.25) is 4.79 Å². The van der Waals surface area contributed by atoms with Crippen LogP contribution in [0.15, 0.2) is 39.6 Å². The summed E-state index contributed by atoms with van der Waals surface area (Å²) >= 11 is 0. The molecule has 2 aromatic heterocycles. The summed E-state index contributed by atoms with van der Waals surface area (Å²) in [5.41, 5.74) is 1.48. The Labute approximate surface area is 188 Å². The van der Waals surface area contributed by atoms with Crippen LogP contribution in [-0.4, -0.2) is 53.2 Å². The summed E-state index contributed by atoms with van der Waals surface area (Å²) in [6.07, 6.45) is 3.66. The second-order valence-electron chi connectivity index (χ2n) is 8.46. The van der Waals surface area contributed by atoms with Crippen LogP contribution in [0.1, 0.15) is 43.0 Å². The highest BCUT2D eigenvalue weighted by atomic mass is 32.2. The molecular formula is C23H30N4O4S. The third-order valence-electron chi connectivity index (χ3n) is 6.07. The molecule has 0 unspecified atom stereocenters. The third kappa shape index (κ3) is 4.59. The monoisotopic (exact) mass is 458 g/mol. The second-order valence-corrected chi connectivity index (χ2v) is 10.4. The molecule has 4 rings (SSSR count). The van der Waals surface area contributed by atoms with Crippen molar-refractivity contribution < 1.29 is 17.6 Å². The summed E-state index contributed by atoms with van der Waals surface area (Å²) in [6.45, 7) is 3.44. The predicted octanol–water partition coefficient (Wildman–Crippen LogP) is 3.24. The first-order chi connectivity index (χ1) is 15.3. The molecule has 172 valence electrons. The highest BCUT2D eigenvalue weighted by Gasteiger charge is 2.26. The van der Waals surface area contributed by atoms with Crippen molar-refractivity contribution in [3.63, 3.8) is 0 Å². The van der Waals surface area contributed by atoms with Crippen LogP contribution in [0.5, 0.6) is 0 Å². The SMILES string of the molecule is Cc1ccc(CN(C)C(=O)CCc2nc3cc(S(=O)(=O)N4CCCCC4)ccc3n2C)o1. The van der Waals surface area contributed by atoms with E-state index in [1.807, 2.05) is 30.7 Å². The van der Waals surface area contributed by atoms with Gasteiger partial charge in [0, 0.05) is 40.0 Å². The lowest BCUT2D eigenvalue weighted by Crippen LogP contribution is -2.35. The van der Waals surface area contributed by atoms with Gasteiger partial charge in [-0.2, -0.15) is 4.31 Å². The number of piperidine rings is 1. The fourth-order valence-electron chi connectivity index (χ4n) is 4.17. The largest absolute Gasteiger partial charge is 0.464 e. The molecule has 1 aliphatic heterocycles. The quantitative estimate of drug-likeness (QED) is 0.542. The topological polar surface area (TPSA) is 88.6 Å². The van der Waals surface area contributed by atoms with E-state index in [9.17, 15) is 13.2 Å². The molecule has 9 heteroatoms. The average molecular weight is 459 g/mol. The van der Waals surface area contributed by atoms with Gasteiger partial charge in [-0.25, -0.2) is 13.4 Å². The number of fused-ring (bicyclic) bond motifs is 1. The molecule has 0 spiro atoms. The number of rotatable bonds is 7. The summed E-state index contributed by atoms with van der Waals surface area (Å²) in [7, 11) is 0.141. The zero-order valence-electron chi connectivity index (χ0n) is 18.9. The van der Waals surface area contributed by atoms with Gasteiger partial charge in [0.25, 0.3) is 0 Å². The van der Waals surface area contributed by atoms with E-state index in [2.05, 4.69) is 4.98 Å². The average Bonchev–Trinajstić information content (AvgIpc) is 3.34. The summed E-state index contributed by atoms with van der Waals surface area (Å²) in [5, 5.41) is 0. The van der Waals surface area contributed by atoms with Crippen LogP contribution < -0.4 is 0 Å². The lowest BCUT2D eigenvalue weighted by Gasteiger charge is -2.25. The smallest absolute Gasteiger partial charge is 0.243 e. The molecule has 1 saturated heterocycles. The number of aryl methyl sites for hydroxylation is 3. The van der Waals surface area contributed by atoms with E-state index in [0.29, 0.717) is 38.0 Å². The first-order valence-corrected chi connectivity index (χ1v) is 12.4. The van der Waals surface area contributed by atoms with Crippen molar-refractivity contribution in [1.29, 1.82) is 0 Å². The molecular weight excluding hydrogens is 428 g/mol. The predicted molar refractivity (Wildman–Crippen MR) is 122 cm³/mol. The number of amides is 1. The van der Waals surface area contributed by atoms with E-state index < -0.39 is 10.0 Å². The van der Waals surface area contributed by atoms with Crippen LogP contribution in [0, 0.1) is 6.92 Å². The molecule has 0 atom stereocenters. The zero-order valence-corrected chi connectivity index (χ0v) is 19.7. The van der Waals surface area contributed by atoms with Crippen molar-refractivity contribution in [2.24, 2.45) is 7.05 Å². The molecule has 1 amide bonds. The molecule has 1 aliphatic rings. The first kappa shape index (κ1) is 22.5. The van der Waals surface area contributed by atoms with Gasteiger partial charge in [0.2, 0.25) is 15.9 Å². The lowest BCUT2D eigenvalue weighted by molar-refractivity contribution is -0.130. The third-order valence-corrected chi connectivity index (χ3v) is 7.97. The fourth-order valence-corrected chi connectivity index (χ4v) is 5.71. The summed E-state index contributed by atoms with van der Waals surface area (Å²) in [6, 6.07) is 8.86. The molecule has 1 aromatic carbocycles. The number of carbonyl (C=O) groups excluding carboxylic acids is 1. The fraction of sp³-hybridized carbons (Fsp3) is 0.478. The minimum atomic E-state index is -3.51. The maximum absolute atomic E-state index is 13.0. The van der Waals surface area contributed by atoms with Gasteiger partial charge < -0.3 is 13.9 Å². The van der Waals surface area contributed by atoms with Crippen LogP contribution in [0.4, 0.5) is 0 Å². The Morgan fingerprint density at radius 1 is 1.16 bits per heavy atom. The van der Waals surface area contributed by atoms with E-state index in [1.165, 1.54) is 0 Å². The number of benzene rings is 1. The number of hydrogen-bond donors (Lipinski definition) is 0. The van der Waals surface area contributed by atoms with Crippen LogP contribution in [0.2, 0.25) is 0 Å². The molecule has 0 aliphatic carbocycles. The first-order valence-electron chi connectivity index (χ1n) is 11.0. The number of carbonyl (C=O) groups is 1. The Morgan fingerprint density at radius 2 is 1.91 bits per heavy atom. The molecule has 0 radical (unpaired) electrons. The number of imidazole rings is 1. The Bertz CT molecular complexity index is 1220. The Hall–Kier alpha value is -2.65. The molecule has 32 heavy (non-hydrogen) atoms. The van der Waals surface area contributed by atoms with Gasteiger partial charge in [-0.05, 0) is 50.1 Å². The highest BCUT2D eigenvalue weighted by Crippen LogP contribution is 2.25. The van der Waals surface area contributed by atoms with Crippen LogP contribution in [-0.2, 0) is 34.8 Å². The van der Waals surface area contributed by atoms with Gasteiger partial charge in [0.05, 0.1) is 22.5 Å². The van der Waals surface area contributed by atoms with E-state index >= 15 is 0 Å². The molecule has 0 bridgehead atoms. The molecule has 3 aromatic rings. The summed E-state index contributed by atoms with van der Waals surface area (Å²) in [4.78, 5) is 19.1. The van der Waals surface area contributed by atoms with Gasteiger partial charge in [0.1, 0.15) is 17.3 Å². The Kier molecular flexibility index (Phi) is 6.39. The van der Waals surface area contributed by atoms with Gasteiger partial charge in [-0.15, -0.1) is 0 Å². The van der Waals surface area contributed by atoms with Crippen LogP contribution in [0.3, 0.4) is 0 Å². The highest BCUT2D eigenvalue weighted by molar-refractivity contribution is 7.89. The van der Waals surface area contributed by atoms with E-state index in [-0.39, 0.29) is 10.8 Å². The van der Waals surface area contributed by atoms with Gasteiger partial charge in [0.15, 0.2) is 0 Å². The maximum Gasteiger partial charge on any atom is 0.243 e. The van der Waals surface area contributed by atoms with Crippen LogP contribution in [0.25, 0.3) is 11.0 Å². The summed E-state index contributed by atoms with van der Waals surface area (Å²) in [5.74, 6) is 2.33. The standard InChI is InChI=1S/C23H30N4O4S/c1-17-7-8-18(31-17)16-25(2)23(28)12-11-22-24-20-15-19(9-10-21(20)26(22)3)32(29,30)27-13-5-4-6-14-27/h7-10,15H,4-6,11-14,16H2,1-3H3. The second kappa shape index (κ2) is 9.07. The molecule has 1 fully saturated rings. The molecule has 8 nitrogen and oxygen atoms in total. The Balaban J connectivity index is 1.46. The van der Waals surface area contributed by atoms with Gasteiger partial charge >= 0.3 is 0 Å². The number of aromatic nitrogens is 2. The van der Waals surface area contributed by atoms with Crippen molar-refractivity contribution in [1.82, 2.24) is 18.8 Å². The van der Waals surface area contributed by atoms with E-state index in [0.717, 1.165) is 42.1 Å². The lowest BCUT2D eigenvalue weighted by atomic mass is 10.2. The molecule has 0 N–H and O–H groups in total. The molecule has 0 saturated carbocycles. The number of nitrogens with zero attached hydrogens (tertiary/aromatic N) is 4. The van der Waals surface area contributed by atoms with Crippen molar-refractivity contribution >= 4 is 27.0 Å².